The van der Waals surface area contributed by atoms with Gasteiger partial charge in [0.1, 0.15) is 10.8 Å². The molecule has 2 heterocycles. The van der Waals surface area contributed by atoms with E-state index in [0.717, 1.165) is 13.1 Å². The second kappa shape index (κ2) is 4.12. The highest BCUT2D eigenvalue weighted by Crippen LogP contribution is 2.08. The summed E-state index contributed by atoms with van der Waals surface area (Å²) in [5.41, 5.74) is 0.328. The van der Waals surface area contributed by atoms with Crippen LogP contribution < -0.4 is 5.32 Å². The van der Waals surface area contributed by atoms with E-state index in [9.17, 15) is 4.79 Å². The molecule has 15 heavy (non-hydrogen) atoms. The van der Waals surface area contributed by atoms with Gasteiger partial charge in [-0.3, -0.25) is 4.79 Å². The van der Waals surface area contributed by atoms with Gasteiger partial charge in [-0.2, -0.15) is 0 Å². The first-order chi connectivity index (χ1) is 7.18. The molecule has 80 valence electrons. The summed E-state index contributed by atoms with van der Waals surface area (Å²) in [5, 5.41) is 3.40. The van der Waals surface area contributed by atoms with Gasteiger partial charge < -0.3 is 10.2 Å². The highest BCUT2D eigenvalue weighted by atomic mass is 35.5. The molecule has 0 saturated carbocycles. The zero-order chi connectivity index (χ0) is 10.8. The molecule has 1 N–H and O–H groups in total. The number of rotatable bonds is 2. The van der Waals surface area contributed by atoms with Gasteiger partial charge in [0.2, 0.25) is 0 Å². The molecule has 1 aliphatic rings. The fourth-order valence-electron chi connectivity index (χ4n) is 1.32. The van der Waals surface area contributed by atoms with Crippen LogP contribution in [-0.4, -0.2) is 47.0 Å². The highest BCUT2D eigenvalue weighted by Gasteiger charge is 2.26. The van der Waals surface area contributed by atoms with E-state index < -0.39 is 0 Å². The van der Waals surface area contributed by atoms with Crippen molar-refractivity contribution in [3.63, 3.8) is 0 Å². The smallest absolute Gasteiger partial charge is 0.274 e. The minimum absolute atomic E-state index is 0.120. The van der Waals surface area contributed by atoms with E-state index in [-0.39, 0.29) is 11.9 Å². The summed E-state index contributed by atoms with van der Waals surface area (Å²) in [5.74, 6) is -0.120. The lowest BCUT2D eigenvalue weighted by Gasteiger charge is -2.35. The third-order valence-electron chi connectivity index (χ3n) is 2.47. The van der Waals surface area contributed by atoms with E-state index in [0.29, 0.717) is 10.8 Å². The largest absolute Gasteiger partial charge is 0.335 e. The van der Waals surface area contributed by atoms with Crippen LogP contribution in [-0.2, 0) is 0 Å². The topological polar surface area (TPSA) is 58.1 Å². The van der Waals surface area contributed by atoms with Gasteiger partial charge in [-0.15, -0.1) is 0 Å². The van der Waals surface area contributed by atoms with E-state index >= 15 is 0 Å². The lowest BCUT2D eigenvalue weighted by Crippen LogP contribution is -2.57. The Morgan fingerprint density at radius 2 is 2.27 bits per heavy atom. The van der Waals surface area contributed by atoms with Crippen LogP contribution in [0.4, 0.5) is 0 Å². The van der Waals surface area contributed by atoms with Crippen LogP contribution in [0.2, 0.25) is 5.15 Å². The summed E-state index contributed by atoms with van der Waals surface area (Å²) in [7, 11) is 1.77. The minimum Gasteiger partial charge on any atom is -0.335 e. The highest BCUT2D eigenvalue weighted by molar-refractivity contribution is 6.29. The van der Waals surface area contributed by atoms with Gasteiger partial charge in [0, 0.05) is 20.1 Å². The molecule has 0 aromatic carbocycles. The van der Waals surface area contributed by atoms with Gasteiger partial charge in [-0.05, 0) is 0 Å². The van der Waals surface area contributed by atoms with Gasteiger partial charge >= 0.3 is 0 Å². The number of amides is 1. The maximum atomic E-state index is 11.8. The molecule has 1 amide bonds. The molecule has 0 bridgehead atoms. The van der Waals surface area contributed by atoms with Crippen LogP contribution in [0, 0.1) is 0 Å². The van der Waals surface area contributed by atoms with E-state index in [2.05, 4.69) is 15.3 Å². The quantitative estimate of drug-likeness (QED) is 0.781. The molecular formula is C9H11ClN4O. The number of carbonyl (C=O) groups excluding carboxylic acids is 1. The number of nitrogens with zero attached hydrogens (tertiary/aromatic N) is 3. The van der Waals surface area contributed by atoms with E-state index in [4.69, 9.17) is 11.6 Å². The van der Waals surface area contributed by atoms with E-state index in [1.807, 2.05) is 0 Å². The Hall–Kier alpha value is -1.20. The molecule has 1 fully saturated rings. The van der Waals surface area contributed by atoms with Crippen molar-refractivity contribution in [2.24, 2.45) is 0 Å². The van der Waals surface area contributed by atoms with Crippen molar-refractivity contribution in [1.82, 2.24) is 20.2 Å². The van der Waals surface area contributed by atoms with Crippen molar-refractivity contribution >= 4 is 17.5 Å². The van der Waals surface area contributed by atoms with Crippen LogP contribution >= 0.6 is 11.6 Å². The van der Waals surface area contributed by atoms with Crippen molar-refractivity contribution < 1.29 is 4.79 Å². The summed E-state index contributed by atoms with van der Waals surface area (Å²) >= 11 is 5.59. The first-order valence-corrected chi connectivity index (χ1v) is 5.01. The Kier molecular flexibility index (Phi) is 2.83. The zero-order valence-electron chi connectivity index (χ0n) is 8.27. The third-order valence-corrected chi connectivity index (χ3v) is 2.66. The summed E-state index contributed by atoms with van der Waals surface area (Å²) < 4.78 is 0. The maximum Gasteiger partial charge on any atom is 0.274 e. The second-order valence-corrected chi connectivity index (χ2v) is 3.84. The van der Waals surface area contributed by atoms with Crippen molar-refractivity contribution in [1.29, 1.82) is 0 Å². The monoisotopic (exact) mass is 226 g/mol. The first-order valence-electron chi connectivity index (χ1n) is 4.64. The van der Waals surface area contributed by atoms with Crippen LogP contribution in [0.25, 0.3) is 0 Å². The Morgan fingerprint density at radius 1 is 1.53 bits per heavy atom. The molecular weight excluding hydrogens is 216 g/mol. The summed E-state index contributed by atoms with van der Waals surface area (Å²) in [6, 6.07) is 0.259. The Bertz CT molecular complexity index is 363. The molecule has 0 unspecified atom stereocenters. The predicted octanol–water partition coefficient (Wildman–Crippen LogP) is 0.174. The van der Waals surface area contributed by atoms with Crippen LogP contribution in [0.1, 0.15) is 10.5 Å². The molecule has 0 atom stereocenters. The van der Waals surface area contributed by atoms with Gasteiger partial charge in [0.25, 0.3) is 5.91 Å². The SMILES string of the molecule is CN(C(=O)c1cnc(Cl)cn1)C1CNC1. The number of carbonyl (C=O) groups is 1. The fraction of sp³-hybridized carbons (Fsp3) is 0.444. The minimum atomic E-state index is -0.120. The average molecular weight is 227 g/mol. The lowest BCUT2D eigenvalue weighted by atomic mass is 10.1. The van der Waals surface area contributed by atoms with E-state index in [1.165, 1.54) is 12.4 Å². The number of halogens is 1. The molecule has 1 aromatic rings. The molecule has 0 aliphatic carbocycles. The molecule has 5 nitrogen and oxygen atoms in total. The summed E-state index contributed by atoms with van der Waals surface area (Å²) in [6.07, 6.45) is 2.77. The second-order valence-electron chi connectivity index (χ2n) is 3.45. The van der Waals surface area contributed by atoms with Crippen molar-refractivity contribution in [2.45, 2.75) is 6.04 Å². The van der Waals surface area contributed by atoms with Gasteiger partial charge in [-0.1, -0.05) is 11.6 Å². The van der Waals surface area contributed by atoms with Crippen molar-refractivity contribution in [3.8, 4) is 0 Å². The molecule has 0 radical (unpaired) electrons. The van der Waals surface area contributed by atoms with Crippen molar-refractivity contribution in [2.75, 3.05) is 20.1 Å². The lowest BCUT2D eigenvalue weighted by molar-refractivity contribution is 0.0675. The van der Waals surface area contributed by atoms with Crippen LogP contribution in [0.5, 0.6) is 0 Å². The number of hydrogen-bond donors (Lipinski definition) is 1. The Morgan fingerprint density at radius 3 is 2.73 bits per heavy atom. The molecule has 6 heteroatoms. The fourth-order valence-corrected chi connectivity index (χ4v) is 1.41. The average Bonchev–Trinajstić information content (AvgIpc) is 2.15. The number of nitrogens with one attached hydrogen (secondary N) is 1. The molecule has 1 aromatic heterocycles. The number of aromatic nitrogens is 2. The van der Waals surface area contributed by atoms with E-state index in [1.54, 1.807) is 11.9 Å². The molecule has 2 rings (SSSR count). The van der Waals surface area contributed by atoms with Crippen molar-refractivity contribution in [3.05, 3.63) is 23.2 Å². The number of likely N-dealkylation sites (N-methyl/N-ethyl adjacent to an activating group) is 1. The number of hydrogen-bond acceptors (Lipinski definition) is 4. The molecule has 0 spiro atoms. The third kappa shape index (κ3) is 2.08. The molecule has 1 aliphatic heterocycles. The normalized spacial score (nSPS) is 15.9. The maximum absolute atomic E-state index is 11.8. The van der Waals surface area contributed by atoms with Crippen LogP contribution in [0.15, 0.2) is 12.4 Å². The Balaban J connectivity index is 2.09. The summed E-state index contributed by atoms with van der Waals surface area (Å²) in [6.45, 7) is 1.67. The standard InChI is InChI=1S/C9H11ClN4O/c1-14(6-2-11-3-6)9(15)7-4-13-8(10)5-12-7/h4-6,11H,2-3H2,1H3. The summed E-state index contributed by atoms with van der Waals surface area (Å²) in [4.78, 5) is 21.3. The first kappa shape index (κ1) is 10.3. The predicted molar refractivity (Wildman–Crippen MR) is 55.8 cm³/mol. The Labute approximate surface area is 92.5 Å². The van der Waals surface area contributed by atoms with Gasteiger partial charge in [-0.25, -0.2) is 9.97 Å². The molecule has 1 saturated heterocycles. The van der Waals surface area contributed by atoms with Gasteiger partial charge in [0.05, 0.1) is 18.4 Å². The van der Waals surface area contributed by atoms with Crippen LogP contribution in [0.3, 0.4) is 0 Å². The zero-order valence-corrected chi connectivity index (χ0v) is 9.03. The van der Waals surface area contributed by atoms with Gasteiger partial charge in [0.15, 0.2) is 0 Å².